The molecule has 0 aliphatic heterocycles. The summed E-state index contributed by atoms with van der Waals surface area (Å²) in [7, 11) is 0. The van der Waals surface area contributed by atoms with Crippen molar-refractivity contribution in [1.29, 1.82) is 0 Å². The number of carbonyl (C=O) groups excluding carboxylic acids is 1. The summed E-state index contributed by atoms with van der Waals surface area (Å²) < 4.78 is 10.7. The van der Waals surface area contributed by atoms with E-state index >= 15 is 0 Å². The molecular weight excluding hydrogens is 414 g/mol. The highest BCUT2D eigenvalue weighted by molar-refractivity contribution is 7.22. The first-order chi connectivity index (χ1) is 14.9. The summed E-state index contributed by atoms with van der Waals surface area (Å²) in [6.07, 6.45) is 1.45. The molecule has 2 heterocycles. The summed E-state index contributed by atoms with van der Waals surface area (Å²) in [6, 6.07) is 8.81. The Balaban J connectivity index is 1.77. The zero-order valence-corrected chi connectivity index (χ0v) is 19.3. The van der Waals surface area contributed by atoms with Gasteiger partial charge in [0.1, 0.15) is 22.9 Å². The van der Waals surface area contributed by atoms with Crippen LogP contribution in [-0.2, 0) is 11.3 Å². The summed E-state index contributed by atoms with van der Waals surface area (Å²) in [5.41, 5.74) is 1.36. The van der Waals surface area contributed by atoms with Crippen molar-refractivity contribution in [2.45, 2.75) is 53.2 Å². The quantitative estimate of drug-likeness (QED) is 0.491. The van der Waals surface area contributed by atoms with E-state index in [-0.39, 0.29) is 12.5 Å². The Hall–Kier alpha value is -2.87. The Labute approximate surface area is 186 Å². The molecule has 0 saturated heterocycles. The van der Waals surface area contributed by atoms with Crippen LogP contribution in [0.25, 0.3) is 10.2 Å². The van der Waals surface area contributed by atoms with Gasteiger partial charge in [-0.25, -0.2) is 14.6 Å². The molecule has 0 unspecified atom stereocenters. The van der Waals surface area contributed by atoms with Crippen LogP contribution in [0.15, 0.2) is 39.5 Å². The number of anilines is 1. The fourth-order valence-electron chi connectivity index (χ4n) is 3.42. The van der Waals surface area contributed by atoms with Gasteiger partial charge in [0.15, 0.2) is 0 Å². The van der Waals surface area contributed by atoms with Gasteiger partial charge in [-0.2, -0.15) is 0 Å². The third-order valence-corrected chi connectivity index (χ3v) is 6.15. The molecule has 0 aliphatic rings. The average Bonchev–Trinajstić information content (AvgIpc) is 3.09. The van der Waals surface area contributed by atoms with Gasteiger partial charge >= 0.3 is 11.7 Å². The number of nitrogens with zero attached hydrogens (tertiary/aromatic N) is 2. The standard InChI is InChI=1S/C23H29N3O4S/c1-5-12-26(13-6-2)21-15(3)18-20(31-21)25-19(30-22(18)27)16(4)24-23(28)29-14-17-10-8-7-9-11-17/h7-11,16H,5-6,12-14H2,1-4H3,(H,24,28)/t16-/m0/s1. The van der Waals surface area contributed by atoms with Crippen molar-refractivity contribution in [1.82, 2.24) is 10.3 Å². The van der Waals surface area contributed by atoms with Crippen LogP contribution in [0.4, 0.5) is 9.80 Å². The van der Waals surface area contributed by atoms with E-state index < -0.39 is 17.8 Å². The van der Waals surface area contributed by atoms with Crippen molar-refractivity contribution in [3.63, 3.8) is 0 Å². The van der Waals surface area contributed by atoms with Crippen LogP contribution in [0.2, 0.25) is 0 Å². The van der Waals surface area contributed by atoms with E-state index in [0.717, 1.165) is 42.1 Å². The Morgan fingerprint density at radius 3 is 2.55 bits per heavy atom. The normalized spacial score (nSPS) is 12.0. The second kappa shape index (κ2) is 10.4. The van der Waals surface area contributed by atoms with E-state index in [1.54, 1.807) is 6.92 Å². The highest BCUT2D eigenvalue weighted by Crippen LogP contribution is 2.35. The second-order valence-electron chi connectivity index (χ2n) is 7.47. The summed E-state index contributed by atoms with van der Waals surface area (Å²) in [5.74, 6) is 0.166. The minimum absolute atomic E-state index is 0.161. The third kappa shape index (κ3) is 5.44. The van der Waals surface area contributed by atoms with Crippen molar-refractivity contribution >= 4 is 32.6 Å². The van der Waals surface area contributed by atoms with Gasteiger partial charge in [0, 0.05) is 18.7 Å². The number of fused-ring (bicyclic) bond motifs is 1. The van der Waals surface area contributed by atoms with E-state index in [1.165, 1.54) is 11.3 Å². The van der Waals surface area contributed by atoms with Crippen LogP contribution in [0.5, 0.6) is 0 Å². The number of ether oxygens (including phenoxy) is 1. The van der Waals surface area contributed by atoms with Crippen molar-refractivity contribution in [2.75, 3.05) is 18.0 Å². The number of thiophene rings is 1. The number of alkyl carbamates (subject to hydrolysis) is 1. The van der Waals surface area contributed by atoms with Crippen LogP contribution in [0.1, 0.15) is 56.7 Å². The molecule has 0 saturated carbocycles. The molecule has 3 aromatic rings. The van der Waals surface area contributed by atoms with Crippen LogP contribution in [0.3, 0.4) is 0 Å². The number of rotatable bonds is 9. The van der Waals surface area contributed by atoms with Crippen molar-refractivity contribution < 1.29 is 13.9 Å². The Morgan fingerprint density at radius 2 is 1.90 bits per heavy atom. The van der Waals surface area contributed by atoms with Crippen molar-refractivity contribution in [3.8, 4) is 0 Å². The Morgan fingerprint density at radius 1 is 1.23 bits per heavy atom. The number of hydrogen-bond donors (Lipinski definition) is 1. The highest BCUT2D eigenvalue weighted by Gasteiger charge is 2.22. The first-order valence-electron chi connectivity index (χ1n) is 10.6. The SMILES string of the molecule is CCCN(CCC)c1sc2nc([C@H](C)NC(=O)OCc3ccccc3)oc(=O)c2c1C. The summed E-state index contributed by atoms with van der Waals surface area (Å²) in [6.45, 7) is 9.93. The average molecular weight is 444 g/mol. The molecule has 2 aromatic heterocycles. The smallest absolute Gasteiger partial charge is 0.408 e. The Kier molecular flexibility index (Phi) is 7.68. The zero-order valence-electron chi connectivity index (χ0n) is 18.4. The van der Waals surface area contributed by atoms with E-state index in [4.69, 9.17) is 9.15 Å². The maximum atomic E-state index is 12.7. The number of aromatic nitrogens is 1. The van der Waals surface area contributed by atoms with E-state index in [0.29, 0.717) is 10.2 Å². The molecule has 0 spiro atoms. The van der Waals surface area contributed by atoms with Gasteiger partial charge in [-0.1, -0.05) is 55.5 Å². The van der Waals surface area contributed by atoms with Gasteiger partial charge in [0.05, 0.1) is 5.00 Å². The molecule has 1 atom stereocenters. The number of amides is 1. The number of aryl methyl sites for hydroxylation is 1. The molecule has 1 aromatic carbocycles. The lowest BCUT2D eigenvalue weighted by molar-refractivity contribution is 0.134. The van der Waals surface area contributed by atoms with Gasteiger partial charge in [-0.05, 0) is 32.3 Å². The van der Waals surface area contributed by atoms with Crippen LogP contribution in [-0.4, -0.2) is 24.2 Å². The molecule has 7 nitrogen and oxygen atoms in total. The minimum Gasteiger partial charge on any atom is -0.445 e. The summed E-state index contributed by atoms with van der Waals surface area (Å²) >= 11 is 1.49. The highest BCUT2D eigenvalue weighted by atomic mass is 32.1. The maximum absolute atomic E-state index is 12.7. The lowest BCUT2D eigenvalue weighted by atomic mass is 10.2. The van der Waals surface area contributed by atoms with E-state index in [9.17, 15) is 9.59 Å². The van der Waals surface area contributed by atoms with Crippen molar-refractivity contribution in [2.24, 2.45) is 0 Å². The van der Waals surface area contributed by atoms with Crippen LogP contribution in [0, 0.1) is 6.92 Å². The number of hydrogen-bond acceptors (Lipinski definition) is 7. The first-order valence-corrected chi connectivity index (χ1v) is 11.4. The molecule has 0 bridgehead atoms. The molecule has 1 amide bonds. The molecule has 8 heteroatoms. The fraction of sp³-hybridized carbons (Fsp3) is 0.435. The molecule has 31 heavy (non-hydrogen) atoms. The summed E-state index contributed by atoms with van der Waals surface area (Å²) in [4.78, 5) is 32.3. The van der Waals surface area contributed by atoms with Gasteiger partial charge in [0.2, 0.25) is 5.89 Å². The van der Waals surface area contributed by atoms with Crippen molar-refractivity contribution in [3.05, 3.63) is 57.8 Å². The lowest BCUT2D eigenvalue weighted by Crippen LogP contribution is -2.28. The maximum Gasteiger partial charge on any atom is 0.408 e. The molecule has 0 fully saturated rings. The molecule has 1 N–H and O–H groups in total. The largest absolute Gasteiger partial charge is 0.445 e. The van der Waals surface area contributed by atoms with Crippen LogP contribution >= 0.6 is 11.3 Å². The van der Waals surface area contributed by atoms with Gasteiger partial charge < -0.3 is 19.4 Å². The molecular formula is C23H29N3O4S. The predicted molar refractivity (Wildman–Crippen MR) is 124 cm³/mol. The summed E-state index contributed by atoms with van der Waals surface area (Å²) in [5, 5.41) is 4.25. The number of nitrogens with one attached hydrogen (secondary N) is 1. The molecule has 166 valence electrons. The van der Waals surface area contributed by atoms with Gasteiger partial charge in [-0.15, -0.1) is 0 Å². The zero-order chi connectivity index (χ0) is 22.4. The topological polar surface area (TPSA) is 84.7 Å². The van der Waals surface area contributed by atoms with Crippen LogP contribution < -0.4 is 15.8 Å². The number of carbonyl (C=O) groups is 1. The van der Waals surface area contributed by atoms with Gasteiger partial charge in [-0.3, -0.25) is 0 Å². The number of benzene rings is 1. The lowest BCUT2D eigenvalue weighted by Gasteiger charge is -2.22. The molecule has 0 aliphatic carbocycles. The molecule has 3 rings (SSSR count). The predicted octanol–water partition coefficient (Wildman–Crippen LogP) is 5.17. The van der Waals surface area contributed by atoms with E-state index in [1.807, 2.05) is 37.3 Å². The molecule has 0 radical (unpaired) electrons. The third-order valence-electron chi connectivity index (χ3n) is 4.91. The monoisotopic (exact) mass is 443 g/mol. The first kappa shape index (κ1) is 22.8. The fourth-order valence-corrected chi connectivity index (χ4v) is 4.64. The van der Waals surface area contributed by atoms with E-state index in [2.05, 4.69) is 29.0 Å². The minimum atomic E-state index is -0.603. The Bertz CT molecular complexity index is 1070. The van der Waals surface area contributed by atoms with Gasteiger partial charge in [0.25, 0.3) is 0 Å². The second-order valence-corrected chi connectivity index (χ2v) is 8.44.